The van der Waals surface area contributed by atoms with Gasteiger partial charge in [-0.3, -0.25) is 0 Å². The van der Waals surface area contributed by atoms with Crippen molar-refractivity contribution in [1.29, 1.82) is 0 Å². The van der Waals surface area contributed by atoms with Crippen molar-refractivity contribution in [3.05, 3.63) is 29.1 Å². The second kappa shape index (κ2) is 18.9. The van der Waals surface area contributed by atoms with Crippen molar-refractivity contribution < 1.29 is 39.4 Å². The molecule has 1 aromatic rings. The van der Waals surface area contributed by atoms with Crippen LogP contribution in [0.1, 0.15) is 111 Å². The minimum Gasteiger partial charge on any atom is -0.744 e. The van der Waals surface area contributed by atoms with E-state index in [0.29, 0.717) is 0 Å². The summed E-state index contributed by atoms with van der Waals surface area (Å²) in [6.45, 7) is 15.1. The molecular formula is C27H46F5NO3S. The molecule has 0 N–H and O–H groups in total. The minimum atomic E-state index is -5.77. The van der Waals surface area contributed by atoms with Gasteiger partial charge in [-0.2, -0.15) is 0 Å². The van der Waals surface area contributed by atoms with Gasteiger partial charge in [0.25, 0.3) is 0 Å². The molecule has 37 heavy (non-hydrogen) atoms. The highest BCUT2D eigenvalue weighted by atomic mass is 32.2. The lowest BCUT2D eigenvalue weighted by atomic mass is 10.1. The summed E-state index contributed by atoms with van der Waals surface area (Å²) in [7, 11) is -5.77. The largest absolute Gasteiger partial charge is 0.744 e. The standard InChI is InChI=1S/C21H46N.C6HF5O3S/c1-5-9-13-14-15-16-17-21-22(18-10-6-2,19-11-7-3)20-12-8-4;7-1-2(8)4(10)6(15(12,13)14)5(11)3(1)9/h5-21H2,1-4H3;(H,12,13,14)/q+1;/p-1. The lowest BCUT2D eigenvalue weighted by Gasteiger charge is -2.39. The summed E-state index contributed by atoms with van der Waals surface area (Å²) in [5.74, 6) is -12.8. The van der Waals surface area contributed by atoms with Crippen LogP contribution in [0, 0.1) is 29.1 Å². The van der Waals surface area contributed by atoms with Gasteiger partial charge >= 0.3 is 0 Å². The molecule has 0 atom stereocenters. The molecule has 0 saturated heterocycles. The Morgan fingerprint density at radius 3 is 1.16 bits per heavy atom. The average Bonchev–Trinajstić information content (AvgIpc) is 2.86. The molecule has 0 aliphatic carbocycles. The lowest BCUT2D eigenvalue weighted by Crippen LogP contribution is -2.50. The van der Waals surface area contributed by atoms with E-state index in [1.54, 1.807) is 0 Å². The summed E-state index contributed by atoms with van der Waals surface area (Å²) in [5.41, 5.74) is 0. The number of nitrogens with zero attached hydrogens (tertiary/aromatic N) is 1. The number of hydrogen-bond acceptors (Lipinski definition) is 3. The fraction of sp³-hybridized carbons (Fsp3) is 0.778. The number of unbranched alkanes of at least 4 members (excludes halogenated alkanes) is 9. The molecule has 1 rings (SSSR count). The maximum Gasteiger partial charge on any atom is 0.200 e. The van der Waals surface area contributed by atoms with Crippen LogP contribution in [-0.2, 0) is 10.1 Å². The van der Waals surface area contributed by atoms with Crippen LogP contribution in [0.3, 0.4) is 0 Å². The van der Waals surface area contributed by atoms with Gasteiger partial charge in [-0.05, 0) is 32.1 Å². The normalized spacial score (nSPS) is 11.9. The molecule has 0 aromatic heterocycles. The molecular weight excluding hydrogens is 513 g/mol. The SMILES string of the molecule is CCCCCCCCC[N+](CCCC)(CCCC)CCCC.O=S(=O)([O-])c1c(F)c(F)c(F)c(F)c1F. The average molecular weight is 560 g/mol. The van der Waals surface area contributed by atoms with E-state index in [1.165, 1.54) is 114 Å². The molecule has 0 saturated carbocycles. The number of halogens is 5. The third-order valence-corrected chi connectivity index (χ3v) is 7.47. The first-order valence-electron chi connectivity index (χ1n) is 13.7. The first-order valence-corrected chi connectivity index (χ1v) is 15.2. The van der Waals surface area contributed by atoms with Crippen molar-refractivity contribution in [2.75, 3.05) is 26.2 Å². The third kappa shape index (κ3) is 12.9. The van der Waals surface area contributed by atoms with Crippen molar-refractivity contribution in [3.8, 4) is 0 Å². The fourth-order valence-corrected chi connectivity index (χ4v) is 4.98. The highest BCUT2D eigenvalue weighted by Gasteiger charge is 2.29. The first kappa shape index (κ1) is 35.7. The summed E-state index contributed by atoms with van der Waals surface area (Å²) in [5, 5.41) is 0. The Morgan fingerprint density at radius 1 is 0.514 bits per heavy atom. The fourth-order valence-electron chi connectivity index (χ4n) is 4.36. The van der Waals surface area contributed by atoms with Crippen molar-refractivity contribution in [2.24, 2.45) is 0 Å². The van der Waals surface area contributed by atoms with E-state index in [-0.39, 0.29) is 0 Å². The van der Waals surface area contributed by atoms with Gasteiger partial charge in [0.05, 0.1) is 26.2 Å². The van der Waals surface area contributed by atoms with Crippen LogP contribution in [0.2, 0.25) is 0 Å². The van der Waals surface area contributed by atoms with Gasteiger partial charge < -0.3 is 9.04 Å². The summed E-state index contributed by atoms with van der Waals surface area (Å²) in [6.07, 6.45) is 18.4. The molecule has 4 nitrogen and oxygen atoms in total. The van der Waals surface area contributed by atoms with Gasteiger partial charge in [-0.25, -0.2) is 30.4 Å². The van der Waals surface area contributed by atoms with E-state index in [4.69, 9.17) is 0 Å². The van der Waals surface area contributed by atoms with Crippen LogP contribution >= 0.6 is 0 Å². The monoisotopic (exact) mass is 559 g/mol. The van der Waals surface area contributed by atoms with Crippen LogP contribution in [0.4, 0.5) is 22.0 Å². The van der Waals surface area contributed by atoms with Gasteiger partial charge in [0.2, 0.25) is 5.82 Å². The van der Waals surface area contributed by atoms with Crippen molar-refractivity contribution >= 4 is 10.1 Å². The Kier molecular flexibility index (Phi) is 18.3. The van der Waals surface area contributed by atoms with Gasteiger partial charge in [-0.15, -0.1) is 0 Å². The molecule has 0 spiro atoms. The van der Waals surface area contributed by atoms with Crippen LogP contribution in [0.15, 0.2) is 4.90 Å². The molecule has 0 aliphatic rings. The van der Waals surface area contributed by atoms with Gasteiger partial charge in [0, 0.05) is 0 Å². The molecule has 0 fully saturated rings. The minimum absolute atomic E-state index is 1.36. The van der Waals surface area contributed by atoms with E-state index in [1.807, 2.05) is 0 Å². The predicted octanol–water partition coefficient (Wildman–Crippen LogP) is 8.24. The lowest BCUT2D eigenvalue weighted by molar-refractivity contribution is -0.929. The number of benzene rings is 1. The van der Waals surface area contributed by atoms with E-state index >= 15 is 0 Å². The van der Waals surface area contributed by atoms with Crippen LogP contribution in [-0.4, -0.2) is 43.6 Å². The maximum atomic E-state index is 12.6. The Labute approximate surface area is 221 Å². The van der Waals surface area contributed by atoms with Gasteiger partial charge in [0.1, 0.15) is 15.0 Å². The quantitative estimate of drug-likeness (QED) is 0.0454. The highest BCUT2D eigenvalue weighted by Crippen LogP contribution is 2.26. The molecule has 0 amide bonds. The summed E-state index contributed by atoms with van der Waals surface area (Å²) < 4.78 is 94.3. The molecule has 0 unspecified atom stereocenters. The smallest absolute Gasteiger partial charge is 0.200 e. The number of rotatable bonds is 18. The zero-order valence-electron chi connectivity index (χ0n) is 23.0. The van der Waals surface area contributed by atoms with E-state index < -0.39 is 44.1 Å². The predicted molar refractivity (Wildman–Crippen MR) is 137 cm³/mol. The van der Waals surface area contributed by atoms with E-state index in [9.17, 15) is 34.9 Å². The topological polar surface area (TPSA) is 57.2 Å². The number of hydrogen-bond donors (Lipinski definition) is 0. The molecule has 0 bridgehead atoms. The van der Waals surface area contributed by atoms with Crippen LogP contribution in [0.5, 0.6) is 0 Å². The number of quaternary nitrogens is 1. The second-order valence-corrected chi connectivity index (χ2v) is 11.1. The highest BCUT2D eigenvalue weighted by molar-refractivity contribution is 7.85. The second-order valence-electron chi connectivity index (χ2n) is 9.77. The molecule has 218 valence electrons. The molecule has 0 radical (unpaired) electrons. The van der Waals surface area contributed by atoms with Crippen LogP contribution < -0.4 is 0 Å². The van der Waals surface area contributed by atoms with Crippen molar-refractivity contribution in [3.63, 3.8) is 0 Å². The summed E-state index contributed by atoms with van der Waals surface area (Å²) in [6, 6.07) is 0. The van der Waals surface area contributed by atoms with Crippen molar-refractivity contribution in [1.82, 2.24) is 0 Å². The maximum absolute atomic E-state index is 12.6. The van der Waals surface area contributed by atoms with E-state index in [2.05, 4.69) is 27.7 Å². The zero-order chi connectivity index (χ0) is 28.5. The van der Waals surface area contributed by atoms with E-state index in [0.717, 1.165) is 0 Å². The third-order valence-electron chi connectivity index (χ3n) is 6.61. The molecule has 0 heterocycles. The van der Waals surface area contributed by atoms with Gasteiger partial charge in [0.15, 0.2) is 23.3 Å². The zero-order valence-corrected chi connectivity index (χ0v) is 23.8. The molecule has 1 aromatic carbocycles. The summed E-state index contributed by atoms with van der Waals surface area (Å²) in [4.78, 5) is -2.38. The van der Waals surface area contributed by atoms with Crippen LogP contribution in [0.25, 0.3) is 0 Å². The molecule has 10 heteroatoms. The Balaban J connectivity index is 0.000000749. The van der Waals surface area contributed by atoms with Gasteiger partial charge in [-0.1, -0.05) is 79.1 Å². The summed E-state index contributed by atoms with van der Waals surface area (Å²) >= 11 is 0. The molecule has 0 aliphatic heterocycles. The Bertz CT molecular complexity index is 831. The van der Waals surface area contributed by atoms with Crippen molar-refractivity contribution in [2.45, 2.75) is 116 Å². The first-order chi connectivity index (χ1) is 17.4. The Morgan fingerprint density at radius 2 is 0.811 bits per heavy atom. The Hall–Kier alpha value is -1.26.